The molecule has 1 aromatic carbocycles. The first-order valence-corrected chi connectivity index (χ1v) is 8.48. The lowest BCUT2D eigenvalue weighted by Crippen LogP contribution is -2.28. The number of sulfonamides is 1. The Morgan fingerprint density at radius 1 is 1.26 bits per heavy atom. The molecule has 0 spiro atoms. The molecular weight excluding hydrogens is 330 g/mol. The van der Waals surface area contributed by atoms with Gasteiger partial charge in [-0.15, -0.1) is 5.10 Å². The van der Waals surface area contributed by atoms with Gasteiger partial charge >= 0.3 is 0 Å². The first-order valence-electron chi connectivity index (χ1n) is 6.83. The fourth-order valence-electron chi connectivity index (χ4n) is 1.70. The smallest absolute Gasteiger partial charge is 0.211 e. The summed E-state index contributed by atoms with van der Waals surface area (Å²) in [7, 11) is -3.24. The Kier molecular flexibility index (Phi) is 5.61. The van der Waals surface area contributed by atoms with E-state index in [9.17, 15) is 17.2 Å². The van der Waals surface area contributed by atoms with Crippen LogP contribution in [0.4, 0.5) is 8.78 Å². The van der Waals surface area contributed by atoms with Crippen LogP contribution in [0.15, 0.2) is 24.4 Å². The summed E-state index contributed by atoms with van der Waals surface area (Å²) in [6.07, 6.45) is 1.57. The molecule has 1 heterocycles. The number of benzene rings is 1. The molecule has 0 atom stereocenters. The summed E-state index contributed by atoms with van der Waals surface area (Å²) in [6, 6.07) is 2.88. The van der Waals surface area contributed by atoms with Gasteiger partial charge in [0.2, 0.25) is 10.0 Å². The van der Waals surface area contributed by atoms with Crippen molar-refractivity contribution in [3.05, 3.63) is 41.7 Å². The van der Waals surface area contributed by atoms with Crippen molar-refractivity contribution < 1.29 is 21.9 Å². The highest BCUT2D eigenvalue weighted by Crippen LogP contribution is 2.16. The second kappa shape index (κ2) is 7.47. The summed E-state index contributed by atoms with van der Waals surface area (Å²) in [5.74, 6) is -1.40. The maximum atomic E-state index is 13.0. The van der Waals surface area contributed by atoms with Crippen LogP contribution in [0.25, 0.3) is 0 Å². The molecule has 1 N–H and O–H groups in total. The number of ether oxygens (including phenoxy) is 1. The number of halogens is 2. The molecular formula is C13H16F2N4O3S. The third-order valence-corrected chi connectivity index (χ3v) is 4.26. The van der Waals surface area contributed by atoms with Gasteiger partial charge in [0, 0.05) is 24.7 Å². The van der Waals surface area contributed by atoms with E-state index >= 15 is 0 Å². The summed E-state index contributed by atoms with van der Waals surface area (Å²) in [5.41, 5.74) is 0.452. The first kappa shape index (κ1) is 17.3. The molecule has 7 nitrogen and oxygen atoms in total. The van der Waals surface area contributed by atoms with E-state index in [0.717, 1.165) is 18.2 Å². The van der Waals surface area contributed by atoms with Gasteiger partial charge in [-0.25, -0.2) is 21.9 Å². The minimum absolute atomic E-state index is 0.00758. The highest BCUT2D eigenvalue weighted by atomic mass is 32.2. The highest BCUT2D eigenvalue weighted by Gasteiger charge is 2.07. The van der Waals surface area contributed by atoms with E-state index in [-0.39, 0.29) is 24.7 Å². The molecule has 0 saturated heterocycles. The van der Waals surface area contributed by atoms with Crippen molar-refractivity contribution in [3.63, 3.8) is 0 Å². The Labute approximate surface area is 132 Å². The van der Waals surface area contributed by atoms with E-state index in [1.807, 2.05) is 0 Å². The summed E-state index contributed by atoms with van der Waals surface area (Å²) in [4.78, 5) is 0. The normalized spacial score (nSPS) is 11.6. The molecule has 0 aliphatic carbocycles. The van der Waals surface area contributed by atoms with Gasteiger partial charge in [-0.05, 0) is 6.92 Å². The second-order valence-corrected chi connectivity index (χ2v) is 6.76. The number of nitrogens with one attached hydrogen (secondary N) is 1. The quantitative estimate of drug-likeness (QED) is 0.773. The van der Waals surface area contributed by atoms with Crippen LogP contribution >= 0.6 is 0 Å². The van der Waals surface area contributed by atoms with Gasteiger partial charge in [-0.2, -0.15) is 0 Å². The summed E-state index contributed by atoms with van der Waals surface area (Å²) >= 11 is 0. The average molecular weight is 346 g/mol. The van der Waals surface area contributed by atoms with E-state index in [1.165, 1.54) is 4.68 Å². The Morgan fingerprint density at radius 3 is 2.61 bits per heavy atom. The number of hydrogen-bond donors (Lipinski definition) is 1. The highest BCUT2D eigenvalue weighted by molar-refractivity contribution is 7.89. The van der Waals surface area contributed by atoms with Gasteiger partial charge in [0.25, 0.3) is 0 Å². The molecule has 2 rings (SSSR count). The topological polar surface area (TPSA) is 86.1 Å². The van der Waals surface area contributed by atoms with E-state index in [1.54, 1.807) is 13.1 Å². The lowest BCUT2D eigenvalue weighted by Gasteiger charge is -2.04. The van der Waals surface area contributed by atoms with E-state index in [4.69, 9.17) is 4.74 Å². The van der Waals surface area contributed by atoms with Gasteiger partial charge < -0.3 is 4.74 Å². The molecule has 126 valence electrons. The number of hydrogen-bond acceptors (Lipinski definition) is 5. The molecule has 0 radical (unpaired) electrons. The molecule has 0 fully saturated rings. The third kappa shape index (κ3) is 5.57. The van der Waals surface area contributed by atoms with Crippen molar-refractivity contribution in [1.29, 1.82) is 0 Å². The minimum Gasteiger partial charge on any atom is -0.487 e. The second-order valence-electron chi connectivity index (χ2n) is 4.66. The average Bonchev–Trinajstić information content (AvgIpc) is 2.92. The SMILES string of the molecule is CCS(=O)(=O)NCCn1cc(COc2cc(F)cc(F)c2)nn1. The number of nitrogens with zero attached hydrogens (tertiary/aromatic N) is 3. The van der Waals surface area contributed by atoms with E-state index in [0.29, 0.717) is 12.2 Å². The number of rotatable bonds is 8. The zero-order valence-corrected chi connectivity index (χ0v) is 13.2. The summed E-state index contributed by atoms with van der Waals surface area (Å²) in [6.45, 7) is 2.03. The lowest BCUT2D eigenvalue weighted by atomic mass is 10.3. The Balaban J connectivity index is 1.85. The molecule has 1 aromatic heterocycles. The Hall–Kier alpha value is -2.07. The summed E-state index contributed by atoms with van der Waals surface area (Å²) in [5, 5.41) is 7.65. The van der Waals surface area contributed by atoms with Crippen molar-refractivity contribution >= 4 is 10.0 Å². The molecule has 0 bridgehead atoms. The van der Waals surface area contributed by atoms with Gasteiger partial charge in [0.1, 0.15) is 29.7 Å². The zero-order valence-electron chi connectivity index (χ0n) is 12.4. The molecule has 0 aliphatic heterocycles. The molecule has 0 saturated carbocycles. The maximum absolute atomic E-state index is 13.0. The maximum Gasteiger partial charge on any atom is 0.211 e. The Bertz CT molecular complexity index is 744. The zero-order chi connectivity index (χ0) is 16.9. The van der Waals surface area contributed by atoms with Crippen LogP contribution in [0, 0.1) is 11.6 Å². The fourth-order valence-corrected chi connectivity index (χ4v) is 2.31. The molecule has 23 heavy (non-hydrogen) atoms. The van der Waals surface area contributed by atoms with E-state index in [2.05, 4.69) is 15.0 Å². The predicted octanol–water partition coefficient (Wildman–Crippen LogP) is 1.07. The van der Waals surface area contributed by atoms with E-state index < -0.39 is 21.7 Å². The molecule has 2 aromatic rings. The van der Waals surface area contributed by atoms with Crippen LogP contribution in [0.2, 0.25) is 0 Å². The molecule has 0 amide bonds. The number of aromatic nitrogens is 3. The van der Waals surface area contributed by atoms with Gasteiger partial charge in [0.05, 0.1) is 18.5 Å². The molecule has 0 unspecified atom stereocenters. The molecule has 0 aliphatic rings. The van der Waals surface area contributed by atoms with Crippen LogP contribution in [0.3, 0.4) is 0 Å². The first-order chi connectivity index (χ1) is 10.9. The third-order valence-electron chi connectivity index (χ3n) is 2.85. The van der Waals surface area contributed by atoms with Gasteiger partial charge in [-0.3, -0.25) is 4.68 Å². The van der Waals surface area contributed by atoms with Gasteiger partial charge in [0.15, 0.2) is 0 Å². The van der Waals surface area contributed by atoms with Crippen LogP contribution in [0.1, 0.15) is 12.6 Å². The van der Waals surface area contributed by atoms with Crippen LogP contribution in [-0.2, 0) is 23.2 Å². The van der Waals surface area contributed by atoms with Crippen LogP contribution < -0.4 is 9.46 Å². The minimum atomic E-state index is -3.24. The van der Waals surface area contributed by atoms with Crippen molar-refractivity contribution in [1.82, 2.24) is 19.7 Å². The van der Waals surface area contributed by atoms with Crippen LogP contribution in [-0.4, -0.2) is 35.7 Å². The largest absolute Gasteiger partial charge is 0.487 e. The summed E-state index contributed by atoms with van der Waals surface area (Å²) < 4.78 is 57.7. The van der Waals surface area contributed by atoms with Crippen molar-refractivity contribution in [2.75, 3.05) is 12.3 Å². The fraction of sp³-hybridized carbons (Fsp3) is 0.385. The molecule has 10 heteroatoms. The van der Waals surface area contributed by atoms with Crippen molar-refractivity contribution in [2.45, 2.75) is 20.1 Å². The Morgan fingerprint density at radius 2 is 1.96 bits per heavy atom. The van der Waals surface area contributed by atoms with Gasteiger partial charge in [-0.1, -0.05) is 5.21 Å². The monoisotopic (exact) mass is 346 g/mol. The van der Waals surface area contributed by atoms with Crippen LogP contribution in [0.5, 0.6) is 5.75 Å². The lowest BCUT2D eigenvalue weighted by molar-refractivity contribution is 0.297. The standard InChI is InChI=1S/C13H16F2N4O3S/c1-2-23(20,21)16-3-4-19-8-12(17-18-19)9-22-13-6-10(14)5-11(15)7-13/h5-8,16H,2-4,9H2,1H3. The van der Waals surface area contributed by atoms with Crippen molar-refractivity contribution in [2.24, 2.45) is 0 Å². The van der Waals surface area contributed by atoms with Crippen molar-refractivity contribution in [3.8, 4) is 5.75 Å². The predicted molar refractivity (Wildman–Crippen MR) is 78.2 cm³/mol.